The zero-order valence-electron chi connectivity index (χ0n) is 14.5. The molecule has 1 saturated heterocycles. The largest absolute Gasteiger partial charge is 0.341 e. The van der Waals surface area contributed by atoms with Gasteiger partial charge in [0.15, 0.2) is 0 Å². The number of piperidine rings is 1. The number of aromatic nitrogens is 5. The summed E-state index contributed by atoms with van der Waals surface area (Å²) in [4.78, 5) is 24.0. The van der Waals surface area contributed by atoms with Crippen LogP contribution in [0.4, 0.5) is 17.6 Å². The van der Waals surface area contributed by atoms with E-state index in [1.807, 2.05) is 30.3 Å². The van der Waals surface area contributed by atoms with Crippen LogP contribution in [0.5, 0.6) is 0 Å². The van der Waals surface area contributed by atoms with Gasteiger partial charge in [-0.2, -0.15) is 0 Å². The third-order valence-corrected chi connectivity index (χ3v) is 4.50. The van der Waals surface area contributed by atoms with E-state index in [9.17, 15) is 0 Å². The molecular weight excluding hydrogens is 326 g/mol. The molecule has 132 valence electrons. The van der Waals surface area contributed by atoms with Gasteiger partial charge in [0.2, 0.25) is 5.95 Å². The third-order valence-electron chi connectivity index (χ3n) is 4.50. The van der Waals surface area contributed by atoms with Gasteiger partial charge >= 0.3 is 0 Å². The molecular formula is C19H21N7. The second-order valence-electron chi connectivity index (χ2n) is 6.44. The molecule has 4 rings (SSSR count). The maximum Gasteiger partial charge on any atom is 0.225 e. The summed E-state index contributed by atoms with van der Waals surface area (Å²) in [6.45, 7) is 1.97. The molecule has 1 aliphatic rings. The van der Waals surface area contributed by atoms with E-state index < -0.39 is 0 Å². The lowest BCUT2D eigenvalue weighted by atomic mass is 9.93. The van der Waals surface area contributed by atoms with Crippen LogP contribution in [0.3, 0.4) is 0 Å². The van der Waals surface area contributed by atoms with E-state index >= 15 is 0 Å². The summed E-state index contributed by atoms with van der Waals surface area (Å²) < 4.78 is 0. The number of pyridine rings is 1. The summed E-state index contributed by atoms with van der Waals surface area (Å²) >= 11 is 0. The molecule has 0 aliphatic carbocycles. The lowest BCUT2D eigenvalue weighted by Crippen LogP contribution is -2.37. The highest BCUT2D eigenvalue weighted by Gasteiger charge is 2.22. The van der Waals surface area contributed by atoms with E-state index in [0.29, 0.717) is 5.92 Å². The van der Waals surface area contributed by atoms with Gasteiger partial charge in [-0.3, -0.25) is 0 Å². The second kappa shape index (κ2) is 7.86. The van der Waals surface area contributed by atoms with Crippen LogP contribution in [0, 0.1) is 5.92 Å². The SMILES string of the molecule is c1ccc(Nc2cc(CC3CCCN(c4ncccn4)C3)ncn2)nc1. The van der Waals surface area contributed by atoms with Crippen molar-refractivity contribution < 1.29 is 0 Å². The molecule has 1 atom stereocenters. The van der Waals surface area contributed by atoms with Crippen LogP contribution in [0.15, 0.2) is 55.2 Å². The van der Waals surface area contributed by atoms with Crippen molar-refractivity contribution in [2.24, 2.45) is 5.92 Å². The van der Waals surface area contributed by atoms with Crippen molar-refractivity contribution in [3.05, 3.63) is 60.9 Å². The van der Waals surface area contributed by atoms with E-state index in [2.05, 4.69) is 35.1 Å². The summed E-state index contributed by atoms with van der Waals surface area (Å²) in [5, 5.41) is 3.22. The van der Waals surface area contributed by atoms with Gasteiger partial charge in [-0.25, -0.2) is 24.9 Å². The number of hydrogen-bond donors (Lipinski definition) is 1. The molecule has 1 aliphatic heterocycles. The highest BCUT2D eigenvalue weighted by molar-refractivity contribution is 5.51. The van der Waals surface area contributed by atoms with E-state index in [4.69, 9.17) is 0 Å². The van der Waals surface area contributed by atoms with Crippen molar-refractivity contribution in [1.29, 1.82) is 0 Å². The molecule has 26 heavy (non-hydrogen) atoms. The zero-order valence-corrected chi connectivity index (χ0v) is 14.5. The Balaban J connectivity index is 1.41. The molecule has 0 radical (unpaired) electrons. The molecule has 0 bridgehead atoms. The molecule has 1 fully saturated rings. The molecule has 1 N–H and O–H groups in total. The predicted molar refractivity (Wildman–Crippen MR) is 100 cm³/mol. The summed E-state index contributed by atoms with van der Waals surface area (Å²) in [5.74, 6) is 2.90. The van der Waals surface area contributed by atoms with E-state index in [0.717, 1.165) is 49.2 Å². The van der Waals surface area contributed by atoms with Crippen molar-refractivity contribution in [1.82, 2.24) is 24.9 Å². The zero-order chi connectivity index (χ0) is 17.6. The number of anilines is 3. The lowest BCUT2D eigenvalue weighted by molar-refractivity contribution is 0.406. The van der Waals surface area contributed by atoms with Crippen molar-refractivity contribution in [2.75, 3.05) is 23.3 Å². The van der Waals surface area contributed by atoms with Crippen molar-refractivity contribution in [3.8, 4) is 0 Å². The Morgan fingerprint density at radius 2 is 1.85 bits per heavy atom. The van der Waals surface area contributed by atoms with E-state index in [1.165, 1.54) is 6.42 Å². The van der Waals surface area contributed by atoms with Crippen molar-refractivity contribution in [3.63, 3.8) is 0 Å². The predicted octanol–water partition coefficient (Wildman–Crippen LogP) is 2.86. The highest BCUT2D eigenvalue weighted by atomic mass is 15.2. The van der Waals surface area contributed by atoms with Gasteiger partial charge < -0.3 is 10.2 Å². The Kier molecular flexibility index (Phi) is 4.95. The fraction of sp³-hybridized carbons (Fsp3) is 0.316. The number of rotatable bonds is 5. The fourth-order valence-electron chi connectivity index (χ4n) is 3.31. The molecule has 7 heteroatoms. The molecule has 1 unspecified atom stereocenters. The van der Waals surface area contributed by atoms with Crippen LogP contribution in [-0.4, -0.2) is 38.0 Å². The monoisotopic (exact) mass is 347 g/mol. The van der Waals surface area contributed by atoms with Crippen LogP contribution in [0.25, 0.3) is 0 Å². The highest BCUT2D eigenvalue weighted by Crippen LogP contribution is 2.23. The topological polar surface area (TPSA) is 79.7 Å². The average molecular weight is 347 g/mol. The average Bonchev–Trinajstić information content (AvgIpc) is 2.70. The Labute approximate surface area is 152 Å². The third kappa shape index (κ3) is 4.11. The second-order valence-corrected chi connectivity index (χ2v) is 6.44. The summed E-state index contributed by atoms with van der Waals surface area (Å²) in [5.41, 5.74) is 1.04. The number of nitrogens with zero attached hydrogens (tertiary/aromatic N) is 6. The Bertz CT molecular complexity index is 826. The van der Waals surface area contributed by atoms with Gasteiger partial charge in [-0.15, -0.1) is 0 Å². The quantitative estimate of drug-likeness (QED) is 0.760. The standard InChI is InChI=1S/C19H21N7/c1-2-7-20-17(6-1)25-18-12-16(23-14-24-18)11-15-5-3-10-26(13-15)19-21-8-4-9-22-19/h1-2,4,6-9,12,14-15H,3,5,10-11,13H2,(H,20,23,24,25). The van der Waals surface area contributed by atoms with Crippen LogP contribution >= 0.6 is 0 Å². The van der Waals surface area contributed by atoms with Crippen LogP contribution in [0.2, 0.25) is 0 Å². The molecule has 0 saturated carbocycles. The van der Waals surface area contributed by atoms with Gasteiger partial charge in [-0.1, -0.05) is 6.07 Å². The minimum atomic E-state index is 0.533. The number of hydrogen-bond acceptors (Lipinski definition) is 7. The normalized spacial score (nSPS) is 17.1. The Morgan fingerprint density at radius 1 is 0.962 bits per heavy atom. The first kappa shape index (κ1) is 16.4. The van der Waals surface area contributed by atoms with Gasteiger partial charge in [0.05, 0.1) is 0 Å². The number of nitrogens with one attached hydrogen (secondary N) is 1. The van der Waals surface area contributed by atoms with Gasteiger partial charge in [-0.05, 0) is 43.4 Å². The minimum Gasteiger partial charge on any atom is -0.341 e. The van der Waals surface area contributed by atoms with Crippen molar-refractivity contribution in [2.45, 2.75) is 19.3 Å². The molecule has 0 amide bonds. The first-order valence-corrected chi connectivity index (χ1v) is 8.88. The van der Waals surface area contributed by atoms with Crippen molar-refractivity contribution >= 4 is 17.6 Å². The van der Waals surface area contributed by atoms with Crippen LogP contribution < -0.4 is 10.2 Å². The van der Waals surface area contributed by atoms with Gasteiger partial charge in [0.25, 0.3) is 0 Å². The molecule has 3 aromatic heterocycles. The lowest BCUT2D eigenvalue weighted by Gasteiger charge is -2.32. The maximum absolute atomic E-state index is 4.45. The van der Waals surface area contributed by atoms with Crippen LogP contribution in [-0.2, 0) is 6.42 Å². The fourth-order valence-corrected chi connectivity index (χ4v) is 3.31. The minimum absolute atomic E-state index is 0.533. The molecule has 0 aromatic carbocycles. The van der Waals surface area contributed by atoms with Crippen LogP contribution in [0.1, 0.15) is 18.5 Å². The Hall–Kier alpha value is -3.09. The summed E-state index contributed by atoms with van der Waals surface area (Å²) in [6, 6.07) is 9.61. The molecule has 0 spiro atoms. The van der Waals surface area contributed by atoms with E-state index in [-0.39, 0.29) is 0 Å². The Morgan fingerprint density at radius 3 is 2.69 bits per heavy atom. The van der Waals surface area contributed by atoms with Gasteiger partial charge in [0, 0.05) is 43.4 Å². The maximum atomic E-state index is 4.45. The van der Waals surface area contributed by atoms with E-state index in [1.54, 1.807) is 24.9 Å². The first-order chi connectivity index (χ1) is 12.9. The molecule has 4 heterocycles. The first-order valence-electron chi connectivity index (χ1n) is 8.88. The van der Waals surface area contributed by atoms with Gasteiger partial charge in [0.1, 0.15) is 18.0 Å². The molecule has 3 aromatic rings. The summed E-state index contributed by atoms with van der Waals surface area (Å²) in [6.07, 6.45) is 10.2. The molecule has 7 nitrogen and oxygen atoms in total. The smallest absolute Gasteiger partial charge is 0.225 e. The summed E-state index contributed by atoms with van der Waals surface area (Å²) in [7, 11) is 0.